The lowest BCUT2D eigenvalue weighted by atomic mass is 10.0. The van der Waals surface area contributed by atoms with E-state index in [0.717, 1.165) is 44.9 Å². The number of aliphatic hydroxyl groups excluding tert-OH is 2. The number of carbonyl (C=O) groups is 2. The van der Waals surface area contributed by atoms with Crippen molar-refractivity contribution in [2.45, 2.75) is 347 Å². The topological polar surface area (TPSA) is 95.9 Å². The summed E-state index contributed by atoms with van der Waals surface area (Å²) in [4.78, 5) is 24.5. The summed E-state index contributed by atoms with van der Waals surface area (Å²) in [6, 6.07) is -0.628. The highest BCUT2D eigenvalue weighted by Crippen LogP contribution is 2.17. The molecule has 0 aromatic rings. The van der Waals surface area contributed by atoms with Gasteiger partial charge in [0.05, 0.1) is 25.4 Å². The summed E-state index contributed by atoms with van der Waals surface area (Å²) >= 11 is 0. The smallest absolute Gasteiger partial charge is 0.305 e. The Balaban J connectivity index is 3.40. The maximum atomic E-state index is 12.4. The molecule has 6 nitrogen and oxygen atoms in total. The first-order valence-corrected chi connectivity index (χ1v) is 31.3. The third kappa shape index (κ3) is 55.4. The fourth-order valence-electron chi connectivity index (χ4n) is 9.57. The standard InChI is InChI=1S/C64H121NO5/c1-3-5-7-9-11-13-15-17-34-38-42-46-50-54-58-64(69)70-59-55-51-47-43-39-35-31-29-27-25-23-21-19-18-20-22-24-26-28-30-33-37-41-45-49-53-57-63(68)65-61(60-66)62(67)56-52-48-44-40-36-32-16-14-12-10-8-6-4-2/h15,17-18,20,52,56,61-62,66-67H,3-14,16,19,21-51,53-55,57-60H2,1-2H3,(H,65,68)/b17-15-,20-18-,56-52+. The lowest BCUT2D eigenvalue weighted by Gasteiger charge is -2.20. The summed E-state index contributed by atoms with van der Waals surface area (Å²) in [5, 5.41) is 23.1. The van der Waals surface area contributed by atoms with Gasteiger partial charge in [0.25, 0.3) is 0 Å². The highest BCUT2D eigenvalue weighted by molar-refractivity contribution is 5.76. The van der Waals surface area contributed by atoms with Crippen molar-refractivity contribution in [1.29, 1.82) is 0 Å². The van der Waals surface area contributed by atoms with Crippen LogP contribution in [0.5, 0.6) is 0 Å². The zero-order chi connectivity index (χ0) is 50.7. The molecule has 0 aliphatic rings. The van der Waals surface area contributed by atoms with Crippen LogP contribution in [0.1, 0.15) is 335 Å². The zero-order valence-corrected chi connectivity index (χ0v) is 47.0. The average molecular weight is 985 g/mol. The molecule has 0 fully saturated rings. The van der Waals surface area contributed by atoms with Crippen LogP contribution < -0.4 is 5.32 Å². The summed E-state index contributed by atoms with van der Waals surface area (Å²) in [5.41, 5.74) is 0. The number of esters is 1. The van der Waals surface area contributed by atoms with Gasteiger partial charge in [-0.05, 0) is 83.5 Å². The van der Waals surface area contributed by atoms with Gasteiger partial charge in [-0.15, -0.1) is 0 Å². The Kier molecular flexibility index (Phi) is 58.0. The third-order valence-electron chi connectivity index (χ3n) is 14.4. The van der Waals surface area contributed by atoms with Gasteiger partial charge in [-0.3, -0.25) is 9.59 Å². The fraction of sp³-hybridized carbons (Fsp3) is 0.875. The molecule has 0 saturated heterocycles. The molecule has 0 aromatic carbocycles. The number of allylic oxidation sites excluding steroid dienone is 5. The van der Waals surface area contributed by atoms with E-state index in [4.69, 9.17) is 4.74 Å². The minimum absolute atomic E-state index is 0.00525. The highest BCUT2D eigenvalue weighted by Gasteiger charge is 2.18. The lowest BCUT2D eigenvalue weighted by Crippen LogP contribution is -2.45. The number of nitrogens with one attached hydrogen (secondary N) is 1. The van der Waals surface area contributed by atoms with Crippen molar-refractivity contribution in [3.8, 4) is 0 Å². The number of unbranched alkanes of at least 4 members (excludes halogenated alkanes) is 43. The summed E-state index contributed by atoms with van der Waals surface area (Å²) in [6.45, 7) is 4.90. The normalized spacial score (nSPS) is 12.8. The molecule has 0 aromatic heterocycles. The Hall–Kier alpha value is -1.92. The molecule has 0 aliphatic heterocycles. The van der Waals surface area contributed by atoms with Gasteiger partial charge in [0.15, 0.2) is 0 Å². The van der Waals surface area contributed by atoms with Crippen LogP contribution in [0.3, 0.4) is 0 Å². The molecular formula is C64H121NO5. The minimum atomic E-state index is -0.845. The van der Waals surface area contributed by atoms with Crippen LogP contribution >= 0.6 is 0 Å². The number of ether oxygens (including phenoxy) is 1. The molecule has 70 heavy (non-hydrogen) atoms. The van der Waals surface area contributed by atoms with E-state index in [9.17, 15) is 19.8 Å². The van der Waals surface area contributed by atoms with E-state index in [1.165, 1.54) is 263 Å². The number of hydrogen-bond acceptors (Lipinski definition) is 5. The molecule has 2 atom stereocenters. The van der Waals surface area contributed by atoms with Crippen LogP contribution in [-0.4, -0.2) is 47.4 Å². The van der Waals surface area contributed by atoms with Crippen molar-refractivity contribution in [2.75, 3.05) is 13.2 Å². The summed E-state index contributed by atoms with van der Waals surface area (Å²) < 4.78 is 5.48. The molecule has 0 radical (unpaired) electrons. The van der Waals surface area contributed by atoms with E-state index in [0.29, 0.717) is 19.4 Å². The Labute approximate surface area is 436 Å². The number of amides is 1. The van der Waals surface area contributed by atoms with Crippen molar-refractivity contribution in [1.82, 2.24) is 5.32 Å². The Morgan fingerprint density at radius 3 is 1.01 bits per heavy atom. The van der Waals surface area contributed by atoms with Gasteiger partial charge in [-0.1, -0.05) is 275 Å². The Morgan fingerprint density at radius 1 is 0.386 bits per heavy atom. The molecule has 0 bridgehead atoms. The van der Waals surface area contributed by atoms with Gasteiger partial charge < -0.3 is 20.3 Å². The Morgan fingerprint density at radius 2 is 0.671 bits per heavy atom. The average Bonchev–Trinajstić information content (AvgIpc) is 3.36. The fourth-order valence-corrected chi connectivity index (χ4v) is 9.57. The minimum Gasteiger partial charge on any atom is -0.466 e. The molecule has 0 saturated carbocycles. The van der Waals surface area contributed by atoms with E-state index in [1.807, 2.05) is 6.08 Å². The first-order chi connectivity index (χ1) is 34.5. The molecule has 0 rings (SSSR count). The maximum absolute atomic E-state index is 12.4. The molecule has 1 amide bonds. The van der Waals surface area contributed by atoms with Crippen molar-refractivity contribution in [3.05, 3.63) is 36.5 Å². The first-order valence-electron chi connectivity index (χ1n) is 31.3. The van der Waals surface area contributed by atoms with Gasteiger partial charge in [0.1, 0.15) is 0 Å². The van der Waals surface area contributed by atoms with E-state index in [1.54, 1.807) is 6.08 Å². The van der Waals surface area contributed by atoms with Crippen LogP contribution in [-0.2, 0) is 14.3 Å². The summed E-state index contributed by atoms with van der Waals surface area (Å²) in [7, 11) is 0. The zero-order valence-electron chi connectivity index (χ0n) is 47.0. The molecule has 0 aliphatic carbocycles. The third-order valence-corrected chi connectivity index (χ3v) is 14.4. The van der Waals surface area contributed by atoms with Gasteiger partial charge in [0.2, 0.25) is 5.91 Å². The second kappa shape index (κ2) is 59.6. The second-order valence-electron chi connectivity index (χ2n) is 21.4. The van der Waals surface area contributed by atoms with Crippen LogP contribution in [0, 0.1) is 0 Å². The van der Waals surface area contributed by atoms with Crippen molar-refractivity contribution < 1.29 is 24.5 Å². The molecule has 3 N–H and O–H groups in total. The molecule has 2 unspecified atom stereocenters. The predicted molar refractivity (Wildman–Crippen MR) is 306 cm³/mol. The van der Waals surface area contributed by atoms with E-state index in [-0.39, 0.29) is 18.5 Å². The molecule has 0 heterocycles. The molecule has 6 heteroatoms. The van der Waals surface area contributed by atoms with E-state index in [2.05, 4.69) is 43.5 Å². The Bertz CT molecular complexity index is 1130. The number of aliphatic hydroxyl groups is 2. The van der Waals surface area contributed by atoms with Crippen LogP contribution in [0.2, 0.25) is 0 Å². The number of hydrogen-bond donors (Lipinski definition) is 3. The van der Waals surface area contributed by atoms with Crippen molar-refractivity contribution in [2.24, 2.45) is 0 Å². The predicted octanol–water partition coefficient (Wildman–Crippen LogP) is 19.6. The van der Waals surface area contributed by atoms with Gasteiger partial charge in [-0.2, -0.15) is 0 Å². The molecule has 0 spiro atoms. The van der Waals surface area contributed by atoms with Crippen molar-refractivity contribution >= 4 is 11.9 Å². The molecule has 412 valence electrons. The van der Waals surface area contributed by atoms with Crippen molar-refractivity contribution in [3.63, 3.8) is 0 Å². The SMILES string of the molecule is CCCCCCC/C=C\CCCCCCCC(=O)OCCCCCCCCCCCCCC/C=C\CCCCCCCCCCCCC(=O)NC(CO)C(O)/C=C/CCCCCCCCCCCCC. The summed E-state index contributed by atoms with van der Waals surface area (Å²) in [6.07, 6.45) is 74.8. The largest absolute Gasteiger partial charge is 0.466 e. The molecular weight excluding hydrogens is 863 g/mol. The van der Waals surface area contributed by atoms with Gasteiger partial charge in [0, 0.05) is 12.8 Å². The van der Waals surface area contributed by atoms with Crippen LogP contribution in [0.25, 0.3) is 0 Å². The quantitative estimate of drug-likeness (QED) is 0.0321. The first kappa shape index (κ1) is 68.1. The lowest BCUT2D eigenvalue weighted by molar-refractivity contribution is -0.143. The number of rotatable bonds is 58. The highest BCUT2D eigenvalue weighted by atomic mass is 16.5. The van der Waals surface area contributed by atoms with E-state index >= 15 is 0 Å². The monoisotopic (exact) mass is 984 g/mol. The van der Waals surface area contributed by atoms with E-state index < -0.39 is 12.1 Å². The van der Waals surface area contributed by atoms with Crippen LogP contribution in [0.4, 0.5) is 0 Å². The summed E-state index contributed by atoms with van der Waals surface area (Å²) in [5.74, 6) is -0.0643. The van der Waals surface area contributed by atoms with Gasteiger partial charge >= 0.3 is 5.97 Å². The maximum Gasteiger partial charge on any atom is 0.305 e. The number of carbonyl (C=O) groups excluding carboxylic acids is 2. The second-order valence-corrected chi connectivity index (χ2v) is 21.4. The van der Waals surface area contributed by atoms with Crippen LogP contribution in [0.15, 0.2) is 36.5 Å². The van der Waals surface area contributed by atoms with Gasteiger partial charge in [-0.25, -0.2) is 0 Å².